The predicted molar refractivity (Wildman–Crippen MR) is 231 cm³/mol. The van der Waals surface area contributed by atoms with Gasteiger partial charge in [-0.2, -0.15) is 0 Å². The molecule has 1 N–H and O–H groups in total. The largest absolute Gasteiger partial charge is 0.504 e. The van der Waals surface area contributed by atoms with E-state index < -0.39 is 17.9 Å². The number of phenols is 1. The van der Waals surface area contributed by atoms with Crippen LogP contribution >= 0.6 is 11.6 Å². The first-order valence-electron chi connectivity index (χ1n) is 19.1. The van der Waals surface area contributed by atoms with Crippen molar-refractivity contribution in [2.75, 3.05) is 33.5 Å². The van der Waals surface area contributed by atoms with Crippen LogP contribution in [-0.4, -0.2) is 69.1 Å². The average Bonchev–Trinajstić information content (AvgIpc) is 3.27. The van der Waals surface area contributed by atoms with Gasteiger partial charge in [-0.25, -0.2) is 14.4 Å². The third kappa shape index (κ3) is 20.1. The number of halogens is 1. The van der Waals surface area contributed by atoms with Crippen molar-refractivity contribution >= 4 is 47.7 Å². The van der Waals surface area contributed by atoms with Crippen LogP contribution in [0.2, 0.25) is 5.02 Å². The predicted octanol–water partition coefficient (Wildman–Crippen LogP) is 10.4. The van der Waals surface area contributed by atoms with Crippen molar-refractivity contribution in [3.05, 3.63) is 132 Å². The molecule has 0 radical (unpaired) electrons. The van der Waals surface area contributed by atoms with E-state index in [1.54, 1.807) is 79.9 Å². The Labute approximate surface area is 352 Å². The van der Waals surface area contributed by atoms with Crippen molar-refractivity contribution < 1.29 is 52.7 Å². The van der Waals surface area contributed by atoms with Gasteiger partial charge in [0.15, 0.2) is 11.5 Å². The van der Waals surface area contributed by atoms with Crippen LogP contribution in [0.1, 0.15) is 79.7 Å². The van der Waals surface area contributed by atoms with Crippen LogP contribution in [0.4, 0.5) is 5.69 Å². The Morgan fingerprint density at radius 1 is 0.695 bits per heavy atom. The highest BCUT2D eigenvalue weighted by molar-refractivity contribution is 6.33. The van der Waals surface area contributed by atoms with Gasteiger partial charge < -0.3 is 33.5 Å². The summed E-state index contributed by atoms with van der Waals surface area (Å²) in [4.78, 5) is 49.7. The molecule has 0 aliphatic carbocycles. The fraction of sp³-hybridized carbons (Fsp3) is 0.283. The molecule has 12 nitrogen and oxygen atoms in total. The molecule has 0 aliphatic rings. The number of unbranched alkanes of at least 4 members (excludes halogenated alkanes) is 2. The van der Waals surface area contributed by atoms with E-state index in [-0.39, 0.29) is 27.8 Å². The fourth-order valence-electron chi connectivity index (χ4n) is 4.34. The SMILES string of the molecule is C=CC(=O)OCCCCOc1ccc(C(=O)Oc2ccc(C=Nc3cc(O)c(OC(=O)c4ccc(OCCCCOC)cc4)cc3Cl)cc2)cc1.C=CC=O.CC.CC. The van der Waals surface area contributed by atoms with Gasteiger partial charge in [-0.1, -0.05) is 52.5 Å². The number of carbonyl (C=O) groups is 4. The van der Waals surface area contributed by atoms with Crippen LogP contribution < -0.4 is 18.9 Å². The summed E-state index contributed by atoms with van der Waals surface area (Å²) in [6, 6.07) is 22.3. The zero-order chi connectivity index (χ0) is 43.8. The molecule has 0 fully saturated rings. The van der Waals surface area contributed by atoms with Crippen molar-refractivity contribution in [2.24, 2.45) is 4.99 Å². The standard InChI is InChI=1S/C39H38ClNO10.C3H4O.2C2H6/c1-3-37(43)49-23-7-6-22-48-30-16-10-28(11-17-30)38(44)50-32-14-8-27(9-15-32)26-41-34-25-35(42)36(24-33(34)40)51-39(45)29-12-18-31(19-13-29)47-21-5-4-20-46-2;1-2-3-4;2*1-2/h3,8-19,24-26,42H,1,4-7,20-23H2,2H3;2-3H,1H2;2*1-2H3. The molecule has 0 amide bonds. The van der Waals surface area contributed by atoms with Gasteiger partial charge in [-0.05, 0) is 110 Å². The number of rotatable bonds is 20. The number of allylic oxidation sites excluding steroid dienone is 1. The van der Waals surface area contributed by atoms with Gasteiger partial charge in [0.05, 0.1) is 41.7 Å². The monoisotopic (exact) mass is 831 g/mol. The molecule has 4 aromatic carbocycles. The molecule has 0 unspecified atom stereocenters. The van der Waals surface area contributed by atoms with Gasteiger partial charge in [-0.3, -0.25) is 9.79 Å². The lowest BCUT2D eigenvalue weighted by Crippen LogP contribution is -2.08. The number of ether oxygens (including phenoxy) is 6. The number of hydrogen-bond acceptors (Lipinski definition) is 12. The molecule has 0 aromatic heterocycles. The first-order valence-corrected chi connectivity index (χ1v) is 19.5. The highest BCUT2D eigenvalue weighted by Crippen LogP contribution is 2.37. The van der Waals surface area contributed by atoms with E-state index in [0.717, 1.165) is 18.9 Å². The van der Waals surface area contributed by atoms with Gasteiger partial charge in [0.2, 0.25) is 0 Å². The minimum Gasteiger partial charge on any atom is -0.504 e. The van der Waals surface area contributed by atoms with Crippen LogP contribution in [0, 0.1) is 0 Å². The number of aromatic hydroxyl groups is 1. The summed E-state index contributed by atoms with van der Waals surface area (Å²) in [6.07, 6.45) is 7.56. The second-order valence-corrected chi connectivity index (χ2v) is 11.7. The van der Waals surface area contributed by atoms with Crippen LogP contribution in [-0.2, 0) is 19.1 Å². The number of aldehydes is 1. The van der Waals surface area contributed by atoms with Gasteiger partial charge in [-0.15, -0.1) is 0 Å². The van der Waals surface area contributed by atoms with Crippen LogP contribution in [0.25, 0.3) is 0 Å². The molecule has 0 saturated heterocycles. The molecule has 0 heterocycles. The van der Waals surface area contributed by atoms with Crippen LogP contribution in [0.5, 0.6) is 28.7 Å². The number of hydrogen-bond donors (Lipinski definition) is 1. The number of nitrogens with zero attached hydrogens (tertiary/aromatic N) is 1. The first kappa shape index (κ1) is 50.8. The fourth-order valence-corrected chi connectivity index (χ4v) is 4.55. The summed E-state index contributed by atoms with van der Waals surface area (Å²) in [5.74, 6) is -0.547. The average molecular weight is 832 g/mol. The third-order valence-corrected chi connectivity index (χ3v) is 7.48. The summed E-state index contributed by atoms with van der Waals surface area (Å²) in [5, 5.41) is 10.7. The Hall–Kier alpha value is -6.24. The van der Waals surface area contributed by atoms with Gasteiger partial charge in [0.25, 0.3) is 0 Å². The van der Waals surface area contributed by atoms with Crippen molar-refractivity contribution in [3.8, 4) is 28.7 Å². The van der Waals surface area contributed by atoms with E-state index in [1.807, 2.05) is 27.7 Å². The van der Waals surface area contributed by atoms with Crippen molar-refractivity contribution in [2.45, 2.75) is 53.4 Å². The first-order chi connectivity index (χ1) is 28.7. The zero-order valence-electron chi connectivity index (χ0n) is 34.3. The molecule has 4 aromatic rings. The van der Waals surface area contributed by atoms with E-state index >= 15 is 0 Å². The quantitative estimate of drug-likeness (QED) is 0.0226. The van der Waals surface area contributed by atoms with Crippen LogP contribution in [0.15, 0.2) is 115 Å². The Morgan fingerprint density at radius 2 is 1.17 bits per heavy atom. The maximum atomic E-state index is 12.7. The van der Waals surface area contributed by atoms with E-state index in [0.29, 0.717) is 73.9 Å². The van der Waals surface area contributed by atoms with E-state index in [4.69, 9.17) is 44.8 Å². The van der Waals surface area contributed by atoms with E-state index in [1.165, 1.54) is 24.4 Å². The van der Waals surface area contributed by atoms with Gasteiger partial charge in [0, 0.05) is 38.1 Å². The van der Waals surface area contributed by atoms with Crippen molar-refractivity contribution in [1.82, 2.24) is 0 Å². The zero-order valence-corrected chi connectivity index (χ0v) is 35.1. The summed E-state index contributed by atoms with van der Waals surface area (Å²) >= 11 is 6.38. The minimum atomic E-state index is -0.676. The summed E-state index contributed by atoms with van der Waals surface area (Å²) in [7, 11) is 1.65. The number of benzene rings is 4. The Kier molecular flexibility index (Phi) is 26.5. The maximum absolute atomic E-state index is 12.7. The Morgan fingerprint density at radius 3 is 1.66 bits per heavy atom. The van der Waals surface area contributed by atoms with E-state index in [2.05, 4.69) is 18.2 Å². The molecule has 0 aliphatic heterocycles. The number of phenolic OH excluding ortho intramolecular Hbond substituents is 1. The normalized spacial score (nSPS) is 9.86. The summed E-state index contributed by atoms with van der Waals surface area (Å²) < 4.78 is 32.1. The Balaban J connectivity index is 0.00000202. The molecule has 59 heavy (non-hydrogen) atoms. The molecule has 316 valence electrons. The molecular weight excluding hydrogens is 778 g/mol. The third-order valence-electron chi connectivity index (χ3n) is 7.18. The van der Waals surface area contributed by atoms with Gasteiger partial charge >= 0.3 is 17.9 Å². The van der Waals surface area contributed by atoms with Crippen molar-refractivity contribution in [3.63, 3.8) is 0 Å². The number of aliphatic imine (C=N–C) groups is 1. The van der Waals surface area contributed by atoms with E-state index in [9.17, 15) is 19.5 Å². The number of methoxy groups -OCH3 is 1. The molecular formula is C46H54ClNO11. The topological polar surface area (TPSA) is 156 Å². The molecule has 0 bridgehead atoms. The molecule has 13 heteroatoms. The summed E-state index contributed by atoms with van der Waals surface area (Å²) in [5.41, 5.74) is 1.54. The highest BCUT2D eigenvalue weighted by Gasteiger charge is 2.15. The molecule has 0 saturated carbocycles. The highest BCUT2D eigenvalue weighted by atomic mass is 35.5. The molecule has 0 spiro atoms. The minimum absolute atomic E-state index is 0.114. The van der Waals surface area contributed by atoms with Crippen molar-refractivity contribution in [1.29, 1.82) is 0 Å². The smallest absolute Gasteiger partial charge is 0.343 e. The van der Waals surface area contributed by atoms with Crippen LogP contribution in [0.3, 0.4) is 0 Å². The second kappa shape index (κ2) is 30.8. The molecule has 0 atom stereocenters. The lowest BCUT2D eigenvalue weighted by atomic mass is 10.2. The lowest BCUT2D eigenvalue weighted by molar-refractivity contribution is -0.137. The number of esters is 3. The maximum Gasteiger partial charge on any atom is 0.343 e. The number of carbonyl (C=O) groups excluding carboxylic acids is 4. The van der Waals surface area contributed by atoms with Gasteiger partial charge in [0.1, 0.15) is 23.5 Å². The summed E-state index contributed by atoms with van der Waals surface area (Å²) in [6.45, 7) is 16.4. The Bertz CT molecular complexity index is 1890. The molecule has 4 rings (SSSR count). The lowest BCUT2D eigenvalue weighted by Gasteiger charge is -2.10. The second-order valence-electron chi connectivity index (χ2n) is 11.3.